The second-order valence-corrected chi connectivity index (χ2v) is 10.6. The molecular formula is C23H20F4N6O4S. The number of aromatic nitrogens is 5. The molecule has 0 radical (unpaired) electrons. The molecule has 3 heterocycles. The second kappa shape index (κ2) is 9.79. The van der Waals surface area contributed by atoms with E-state index in [-0.39, 0.29) is 47.4 Å². The Morgan fingerprint density at radius 1 is 1.03 bits per heavy atom. The molecule has 1 fully saturated rings. The van der Waals surface area contributed by atoms with Gasteiger partial charge >= 0.3 is 6.36 Å². The zero-order chi connectivity index (χ0) is 27.1. The van der Waals surface area contributed by atoms with Gasteiger partial charge in [0.2, 0.25) is 10.0 Å². The summed E-state index contributed by atoms with van der Waals surface area (Å²) >= 11 is 0. The smallest absolute Gasteiger partial charge is 0.406 e. The van der Waals surface area contributed by atoms with Crippen LogP contribution in [0.4, 0.5) is 17.6 Å². The SMILES string of the molecule is O=c1[nH]c(C2CCN(S(=O)(=O)c3ccc(OC(F)(F)F)cc3)CC2)nc2c1nnn2Cc1ccc(F)cc1. The van der Waals surface area contributed by atoms with E-state index in [1.807, 2.05) is 0 Å². The predicted octanol–water partition coefficient (Wildman–Crippen LogP) is 3.17. The Labute approximate surface area is 212 Å². The van der Waals surface area contributed by atoms with Crippen molar-refractivity contribution in [3.05, 3.63) is 76.1 Å². The van der Waals surface area contributed by atoms with Gasteiger partial charge in [0, 0.05) is 19.0 Å². The van der Waals surface area contributed by atoms with Gasteiger partial charge in [0.15, 0.2) is 11.2 Å². The Bertz CT molecular complexity index is 1610. The van der Waals surface area contributed by atoms with Gasteiger partial charge in [-0.3, -0.25) is 4.79 Å². The molecule has 200 valence electrons. The zero-order valence-corrected chi connectivity index (χ0v) is 20.3. The van der Waals surface area contributed by atoms with E-state index in [9.17, 15) is 30.8 Å². The minimum Gasteiger partial charge on any atom is -0.406 e. The first-order chi connectivity index (χ1) is 18.0. The number of aromatic amines is 1. The largest absolute Gasteiger partial charge is 0.573 e. The second-order valence-electron chi connectivity index (χ2n) is 8.69. The highest BCUT2D eigenvalue weighted by Gasteiger charge is 2.33. The van der Waals surface area contributed by atoms with Crippen LogP contribution in [0.15, 0.2) is 58.2 Å². The fourth-order valence-electron chi connectivity index (χ4n) is 4.28. The van der Waals surface area contributed by atoms with E-state index in [0.717, 1.165) is 29.8 Å². The highest BCUT2D eigenvalue weighted by Crippen LogP contribution is 2.30. The van der Waals surface area contributed by atoms with Crippen LogP contribution in [0.25, 0.3) is 11.2 Å². The van der Waals surface area contributed by atoms with Crippen LogP contribution in [0.1, 0.15) is 30.1 Å². The number of fused-ring (bicyclic) bond motifs is 1. The van der Waals surface area contributed by atoms with Crippen molar-refractivity contribution in [3.8, 4) is 5.75 Å². The fraction of sp³-hybridized carbons (Fsp3) is 0.304. The summed E-state index contributed by atoms with van der Waals surface area (Å²) in [5.41, 5.74) is 0.558. The average Bonchev–Trinajstić information content (AvgIpc) is 3.28. The minimum absolute atomic E-state index is 0.0498. The standard InChI is InChI=1S/C23H20F4N6O4S/c24-16-3-1-14(2-4-16)13-33-21-19(30-31-33)22(34)29-20(28-21)15-9-11-32(12-10-15)38(35,36)18-7-5-17(6-8-18)37-23(25,26)27/h1-8,15H,9-13H2,(H,28,29,34). The van der Waals surface area contributed by atoms with E-state index < -0.39 is 27.7 Å². The summed E-state index contributed by atoms with van der Waals surface area (Å²) in [5.74, 6) is -0.783. The number of benzene rings is 2. The molecule has 2 aromatic carbocycles. The number of ether oxygens (including phenoxy) is 1. The molecule has 4 aromatic rings. The van der Waals surface area contributed by atoms with Crippen molar-refractivity contribution in [2.24, 2.45) is 0 Å². The molecule has 10 nitrogen and oxygen atoms in total. The third kappa shape index (κ3) is 5.38. The van der Waals surface area contributed by atoms with Gasteiger partial charge in [-0.25, -0.2) is 22.5 Å². The summed E-state index contributed by atoms with van der Waals surface area (Å²) in [5, 5.41) is 7.89. The summed E-state index contributed by atoms with van der Waals surface area (Å²) in [6.07, 6.45) is -4.18. The van der Waals surface area contributed by atoms with Gasteiger partial charge in [0.05, 0.1) is 11.4 Å². The molecule has 0 unspecified atom stereocenters. The van der Waals surface area contributed by atoms with Crippen molar-refractivity contribution < 1.29 is 30.7 Å². The van der Waals surface area contributed by atoms with Crippen LogP contribution in [0.5, 0.6) is 5.75 Å². The van der Waals surface area contributed by atoms with E-state index in [0.29, 0.717) is 18.7 Å². The Hall–Kier alpha value is -3.85. The molecule has 0 amide bonds. The normalized spacial score (nSPS) is 15.7. The number of alkyl halides is 3. The van der Waals surface area contributed by atoms with Crippen LogP contribution in [-0.2, 0) is 16.6 Å². The predicted molar refractivity (Wildman–Crippen MR) is 125 cm³/mol. The van der Waals surface area contributed by atoms with Gasteiger partial charge in [-0.1, -0.05) is 17.3 Å². The number of halogens is 4. The molecule has 5 rings (SSSR count). The van der Waals surface area contributed by atoms with E-state index in [2.05, 4.69) is 25.0 Å². The van der Waals surface area contributed by atoms with E-state index >= 15 is 0 Å². The van der Waals surface area contributed by atoms with Crippen molar-refractivity contribution >= 4 is 21.2 Å². The monoisotopic (exact) mass is 552 g/mol. The van der Waals surface area contributed by atoms with Crippen molar-refractivity contribution in [2.45, 2.75) is 36.6 Å². The third-order valence-electron chi connectivity index (χ3n) is 6.17. The Morgan fingerprint density at radius 3 is 2.32 bits per heavy atom. The van der Waals surface area contributed by atoms with E-state index in [4.69, 9.17) is 0 Å². The molecular weight excluding hydrogens is 532 g/mol. The molecule has 1 saturated heterocycles. The van der Waals surface area contributed by atoms with Gasteiger partial charge in [0.1, 0.15) is 17.4 Å². The lowest BCUT2D eigenvalue weighted by atomic mass is 9.97. The average molecular weight is 553 g/mol. The van der Waals surface area contributed by atoms with E-state index in [1.54, 1.807) is 12.1 Å². The molecule has 0 atom stereocenters. The van der Waals surface area contributed by atoms with Crippen molar-refractivity contribution in [1.82, 2.24) is 29.3 Å². The maximum Gasteiger partial charge on any atom is 0.573 e. The summed E-state index contributed by atoms with van der Waals surface area (Å²) in [6.45, 7) is 0.446. The van der Waals surface area contributed by atoms with Crippen molar-refractivity contribution in [1.29, 1.82) is 0 Å². The molecule has 2 aromatic heterocycles. The molecule has 0 saturated carbocycles. The summed E-state index contributed by atoms with van der Waals surface area (Å²) in [7, 11) is -3.95. The Kier molecular flexibility index (Phi) is 6.65. The van der Waals surface area contributed by atoms with Crippen molar-refractivity contribution in [2.75, 3.05) is 13.1 Å². The molecule has 1 N–H and O–H groups in total. The maximum atomic E-state index is 13.2. The number of rotatable bonds is 6. The minimum atomic E-state index is -4.88. The number of piperidine rings is 1. The molecule has 0 spiro atoms. The Balaban J connectivity index is 1.31. The molecule has 1 aliphatic rings. The zero-order valence-electron chi connectivity index (χ0n) is 19.5. The highest BCUT2D eigenvalue weighted by molar-refractivity contribution is 7.89. The lowest BCUT2D eigenvalue weighted by Crippen LogP contribution is -2.38. The summed E-state index contributed by atoms with van der Waals surface area (Å²) in [6, 6.07) is 9.81. The quantitative estimate of drug-likeness (QED) is 0.365. The van der Waals surface area contributed by atoms with Crippen LogP contribution >= 0.6 is 0 Å². The number of nitrogens with one attached hydrogen (secondary N) is 1. The number of H-pyrrole nitrogens is 1. The number of nitrogens with zero attached hydrogens (tertiary/aromatic N) is 5. The van der Waals surface area contributed by atoms with Crippen LogP contribution < -0.4 is 10.3 Å². The van der Waals surface area contributed by atoms with Crippen LogP contribution in [0, 0.1) is 5.82 Å². The topological polar surface area (TPSA) is 123 Å². The van der Waals surface area contributed by atoms with E-state index in [1.165, 1.54) is 21.1 Å². The Morgan fingerprint density at radius 2 is 1.68 bits per heavy atom. The molecule has 15 heteroatoms. The molecule has 1 aliphatic heterocycles. The van der Waals surface area contributed by atoms with Gasteiger partial charge in [-0.05, 0) is 54.8 Å². The fourth-order valence-corrected chi connectivity index (χ4v) is 5.75. The van der Waals surface area contributed by atoms with Gasteiger partial charge in [-0.15, -0.1) is 18.3 Å². The molecule has 0 aliphatic carbocycles. The van der Waals surface area contributed by atoms with Gasteiger partial charge < -0.3 is 9.72 Å². The summed E-state index contributed by atoms with van der Waals surface area (Å²) < 4.78 is 82.8. The first-order valence-corrected chi connectivity index (χ1v) is 12.9. The van der Waals surface area contributed by atoms with Crippen LogP contribution in [0.2, 0.25) is 0 Å². The van der Waals surface area contributed by atoms with Crippen LogP contribution in [-0.4, -0.2) is 57.1 Å². The first kappa shape index (κ1) is 25.8. The highest BCUT2D eigenvalue weighted by atomic mass is 32.2. The van der Waals surface area contributed by atoms with Gasteiger partial charge in [0.25, 0.3) is 5.56 Å². The first-order valence-electron chi connectivity index (χ1n) is 11.4. The number of sulfonamides is 1. The van der Waals surface area contributed by atoms with Gasteiger partial charge in [-0.2, -0.15) is 4.31 Å². The molecule has 0 bridgehead atoms. The lowest BCUT2D eigenvalue weighted by Gasteiger charge is -2.30. The van der Waals surface area contributed by atoms with Crippen LogP contribution in [0.3, 0.4) is 0 Å². The van der Waals surface area contributed by atoms with Crippen molar-refractivity contribution in [3.63, 3.8) is 0 Å². The maximum absolute atomic E-state index is 13.2. The lowest BCUT2D eigenvalue weighted by molar-refractivity contribution is -0.274. The summed E-state index contributed by atoms with van der Waals surface area (Å²) in [4.78, 5) is 19.7. The number of hydrogen-bond donors (Lipinski definition) is 1. The number of hydrogen-bond acceptors (Lipinski definition) is 7. The third-order valence-corrected chi connectivity index (χ3v) is 8.09. The molecule has 38 heavy (non-hydrogen) atoms.